The first-order valence-electron chi connectivity index (χ1n) is 10.7. The number of aromatic nitrogens is 1. The Balaban J connectivity index is 1.29. The third-order valence-electron chi connectivity index (χ3n) is 6.58. The van der Waals surface area contributed by atoms with Gasteiger partial charge in [0.15, 0.2) is 15.5 Å². The van der Waals surface area contributed by atoms with Gasteiger partial charge in [0.25, 0.3) is 5.60 Å². The van der Waals surface area contributed by atoms with Crippen LogP contribution in [0.3, 0.4) is 0 Å². The fraction of sp³-hybridized carbons (Fsp3) is 0.409. The predicted molar refractivity (Wildman–Crippen MR) is 117 cm³/mol. The number of pyridine rings is 1. The molecule has 14 heteroatoms. The van der Waals surface area contributed by atoms with E-state index in [1.165, 1.54) is 17.0 Å². The van der Waals surface area contributed by atoms with Crippen molar-refractivity contribution in [2.45, 2.75) is 23.9 Å². The van der Waals surface area contributed by atoms with Crippen LogP contribution in [0.1, 0.15) is 23.2 Å². The van der Waals surface area contributed by atoms with E-state index >= 15 is 4.39 Å². The molecule has 192 valence electrons. The first kappa shape index (κ1) is 24.9. The lowest BCUT2D eigenvalue weighted by atomic mass is 9.86. The van der Waals surface area contributed by atoms with Crippen LogP contribution in [0.2, 0.25) is 5.02 Å². The molecule has 1 aromatic heterocycles. The van der Waals surface area contributed by atoms with E-state index in [0.29, 0.717) is 0 Å². The SMILES string of the molecule is O=C(C1CS(=O)(=O)C1)N1CC(F)(c2ccc(C3=NOC(c4ccc(F)c(Cl)c4)(C(F)(F)F)C3)cn2)C1. The van der Waals surface area contributed by atoms with Gasteiger partial charge in [-0.05, 0) is 24.3 Å². The van der Waals surface area contributed by atoms with Gasteiger partial charge in [-0.1, -0.05) is 22.8 Å². The number of halogens is 6. The van der Waals surface area contributed by atoms with Gasteiger partial charge in [-0.3, -0.25) is 9.78 Å². The van der Waals surface area contributed by atoms with Gasteiger partial charge in [0, 0.05) is 17.3 Å². The molecule has 2 aromatic rings. The summed E-state index contributed by atoms with van der Waals surface area (Å²) in [6, 6.07) is 5.19. The number of alkyl halides is 4. The number of benzene rings is 1. The summed E-state index contributed by atoms with van der Waals surface area (Å²) in [6.07, 6.45) is -4.50. The molecule has 0 spiro atoms. The Morgan fingerprint density at radius 2 is 1.86 bits per heavy atom. The number of amides is 1. The highest BCUT2D eigenvalue weighted by Gasteiger charge is 2.62. The van der Waals surface area contributed by atoms with Crippen molar-refractivity contribution in [2.24, 2.45) is 11.1 Å². The van der Waals surface area contributed by atoms with Gasteiger partial charge >= 0.3 is 6.18 Å². The van der Waals surface area contributed by atoms with Gasteiger partial charge in [-0.15, -0.1) is 0 Å². The van der Waals surface area contributed by atoms with Crippen molar-refractivity contribution in [3.63, 3.8) is 0 Å². The first-order valence-corrected chi connectivity index (χ1v) is 12.9. The standard InChI is InChI=1S/C22H17ClF5N3O4S/c23-15-5-14(2-3-16(15)24)21(22(26,27)28)6-17(30-35-21)12-1-4-18(29-7-12)20(25)10-31(11-20)19(32)13-8-36(33,34)9-13/h1-5,7,13H,6,8-11H2. The molecule has 0 saturated carbocycles. The van der Waals surface area contributed by atoms with Crippen LogP contribution in [0, 0.1) is 11.7 Å². The summed E-state index contributed by atoms with van der Waals surface area (Å²) in [4.78, 5) is 22.4. The first-order chi connectivity index (χ1) is 16.7. The molecule has 2 fully saturated rings. The number of nitrogens with zero attached hydrogens (tertiary/aromatic N) is 3. The minimum Gasteiger partial charge on any atom is -0.374 e. The summed E-state index contributed by atoms with van der Waals surface area (Å²) in [5.41, 5.74) is -5.24. The highest BCUT2D eigenvalue weighted by atomic mass is 35.5. The minimum absolute atomic E-state index is 0.0246. The third kappa shape index (κ3) is 4.01. The van der Waals surface area contributed by atoms with E-state index in [4.69, 9.17) is 16.4 Å². The Bertz CT molecular complexity index is 1370. The van der Waals surface area contributed by atoms with Crippen LogP contribution in [0.25, 0.3) is 0 Å². The van der Waals surface area contributed by atoms with Gasteiger partial charge < -0.3 is 9.74 Å². The number of sulfone groups is 1. The number of hydrogen-bond acceptors (Lipinski definition) is 6. The van der Waals surface area contributed by atoms with Crippen molar-refractivity contribution in [3.05, 3.63) is 64.2 Å². The van der Waals surface area contributed by atoms with Crippen LogP contribution >= 0.6 is 11.6 Å². The van der Waals surface area contributed by atoms with Gasteiger partial charge in [0.2, 0.25) is 5.91 Å². The molecule has 1 unspecified atom stereocenters. The highest BCUT2D eigenvalue weighted by Crippen LogP contribution is 2.49. The highest BCUT2D eigenvalue weighted by molar-refractivity contribution is 7.92. The van der Waals surface area contributed by atoms with Crippen LogP contribution in [-0.4, -0.2) is 60.7 Å². The average molecular weight is 550 g/mol. The third-order valence-corrected chi connectivity index (χ3v) is 8.69. The molecule has 0 radical (unpaired) electrons. The molecule has 0 N–H and O–H groups in total. The fourth-order valence-corrected chi connectivity index (χ4v) is 6.07. The largest absolute Gasteiger partial charge is 0.435 e. The zero-order valence-electron chi connectivity index (χ0n) is 18.2. The summed E-state index contributed by atoms with van der Waals surface area (Å²) < 4.78 is 93.5. The van der Waals surface area contributed by atoms with Gasteiger partial charge in [-0.25, -0.2) is 17.2 Å². The average Bonchev–Trinajstić information content (AvgIpc) is 3.24. The van der Waals surface area contributed by atoms with Gasteiger partial charge in [0.05, 0.1) is 53.4 Å². The van der Waals surface area contributed by atoms with Crippen LogP contribution in [0.15, 0.2) is 41.7 Å². The number of rotatable bonds is 4. The zero-order chi connectivity index (χ0) is 26.1. The molecule has 3 aliphatic rings. The van der Waals surface area contributed by atoms with Crippen LogP contribution in [-0.2, 0) is 30.7 Å². The maximum absolute atomic E-state index is 15.2. The van der Waals surface area contributed by atoms with Crippen LogP contribution in [0.4, 0.5) is 22.0 Å². The molecule has 0 bridgehead atoms. The lowest BCUT2D eigenvalue weighted by molar-refractivity contribution is -0.275. The second-order valence-corrected chi connectivity index (χ2v) is 11.7. The molecule has 7 nitrogen and oxygen atoms in total. The Morgan fingerprint density at radius 1 is 1.17 bits per heavy atom. The topological polar surface area (TPSA) is 88.9 Å². The molecular weight excluding hydrogens is 533 g/mol. The van der Waals surface area contributed by atoms with E-state index in [1.54, 1.807) is 0 Å². The van der Waals surface area contributed by atoms with Crippen molar-refractivity contribution >= 4 is 33.1 Å². The number of hydrogen-bond donors (Lipinski definition) is 0. The molecule has 2 saturated heterocycles. The maximum Gasteiger partial charge on any atom is 0.435 e. The summed E-state index contributed by atoms with van der Waals surface area (Å²) in [6.45, 7) is -0.609. The summed E-state index contributed by atoms with van der Waals surface area (Å²) in [5, 5.41) is 3.09. The molecule has 1 atom stereocenters. The lowest BCUT2D eigenvalue weighted by Crippen LogP contribution is -2.62. The molecule has 0 aliphatic carbocycles. The summed E-state index contributed by atoms with van der Waals surface area (Å²) in [5.74, 6) is -2.48. The number of carbonyl (C=O) groups is 1. The Morgan fingerprint density at radius 3 is 2.42 bits per heavy atom. The molecule has 3 aliphatic heterocycles. The van der Waals surface area contributed by atoms with E-state index in [-0.39, 0.29) is 41.6 Å². The smallest absolute Gasteiger partial charge is 0.374 e. The van der Waals surface area contributed by atoms with E-state index in [2.05, 4.69) is 10.1 Å². The zero-order valence-corrected chi connectivity index (χ0v) is 19.8. The Labute approximate surface area is 206 Å². The predicted octanol–water partition coefficient (Wildman–Crippen LogP) is 3.51. The Hall–Kier alpha value is -2.80. The normalized spacial score (nSPS) is 24.9. The molecule has 5 rings (SSSR count). The summed E-state index contributed by atoms with van der Waals surface area (Å²) >= 11 is 5.68. The molecule has 1 aromatic carbocycles. The van der Waals surface area contributed by atoms with Gasteiger partial charge in [0.1, 0.15) is 5.82 Å². The quantitative estimate of drug-likeness (QED) is 0.545. The van der Waals surface area contributed by atoms with Crippen molar-refractivity contribution in [3.8, 4) is 0 Å². The van der Waals surface area contributed by atoms with Crippen LogP contribution in [0.5, 0.6) is 0 Å². The van der Waals surface area contributed by atoms with Gasteiger partial charge in [-0.2, -0.15) is 13.2 Å². The summed E-state index contributed by atoms with van der Waals surface area (Å²) in [7, 11) is -3.20. The van der Waals surface area contributed by atoms with Crippen LogP contribution < -0.4 is 0 Å². The fourth-order valence-electron chi connectivity index (χ4n) is 4.48. The minimum atomic E-state index is -4.92. The van der Waals surface area contributed by atoms with E-state index in [9.17, 15) is 30.8 Å². The lowest BCUT2D eigenvalue weighted by Gasteiger charge is -2.46. The Kier molecular flexibility index (Phi) is 5.60. The molecule has 1 amide bonds. The van der Waals surface area contributed by atoms with Crippen molar-refractivity contribution in [1.82, 2.24) is 9.88 Å². The van der Waals surface area contributed by atoms with E-state index in [0.717, 1.165) is 24.4 Å². The monoisotopic (exact) mass is 549 g/mol. The number of likely N-dealkylation sites (tertiary alicyclic amines) is 1. The van der Waals surface area contributed by atoms with Crippen molar-refractivity contribution in [2.75, 3.05) is 24.6 Å². The van der Waals surface area contributed by atoms with Crippen molar-refractivity contribution < 1.29 is 40.0 Å². The number of oxime groups is 1. The van der Waals surface area contributed by atoms with E-state index in [1.807, 2.05) is 0 Å². The molecule has 4 heterocycles. The van der Waals surface area contributed by atoms with Crippen molar-refractivity contribution in [1.29, 1.82) is 0 Å². The van der Waals surface area contributed by atoms with E-state index < -0.39 is 61.9 Å². The molecule has 36 heavy (non-hydrogen) atoms. The molecular formula is C22H17ClF5N3O4S. The second-order valence-electron chi connectivity index (χ2n) is 9.13. The second kappa shape index (κ2) is 8.10. The maximum atomic E-state index is 15.2. The number of carbonyl (C=O) groups excluding carboxylic acids is 1.